The molecule has 39 heavy (non-hydrogen) atoms. The second kappa shape index (κ2) is 11.6. The molecule has 0 saturated carbocycles. The fourth-order valence-electron chi connectivity index (χ4n) is 4.98. The van der Waals surface area contributed by atoms with Crippen LogP contribution in [0.3, 0.4) is 0 Å². The minimum atomic E-state index is -0.292. The van der Waals surface area contributed by atoms with Gasteiger partial charge in [-0.05, 0) is 37.4 Å². The molecule has 7 nitrogen and oxygen atoms in total. The standard InChI is InChI=1S/C32H33N5O2/c1-32(22-37(2)20-21-38)19-9-8-14-28(32)35-30(39)24-15-17-25(18-16-24)33-31-34-27-13-7-6-12-26(27)29(36-31)23-10-4-3-5-11-23/h3-19,28,38H,20-22H2,1-2H3,(H,35,39)(H,33,34,36). The Balaban J connectivity index is 1.32. The van der Waals surface area contributed by atoms with Crippen molar-refractivity contribution in [1.82, 2.24) is 20.2 Å². The maximum absolute atomic E-state index is 13.2. The summed E-state index contributed by atoms with van der Waals surface area (Å²) >= 11 is 0. The predicted octanol–water partition coefficient (Wildman–Crippen LogP) is 5.20. The summed E-state index contributed by atoms with van der Waals surface area (Å²) in [6.45, 7) is 3.50. The zero-order valence-electron chi connectivity index (χ0n) is 22.2. The maximum Gasteiger partial charge on any atom is 0.251 e. The van der Waals surface area contributed by atoms with Gasteiger partial charge in [0.15, 0.2) is 0 Å². The molecule has 0 aliphatic heterocycles. The van der Waals surface area contributed by atoms with Crippen LogP contribution in [-0.2, 0) is 0 Å². The number of anilines is 2. The number of amides is 1. The third-order valence-corrected chi connectivity index (χ3v) is 7.03. The Hall–Kier alpha value is -4.33. The molecule has 1 aliphatic rings. The number of likely N-dealkylation sites (N-methyl/N-ethyl adjacent to an activating group) is 1. The zero-order chi connectivity index (χ0) is 27.2. The number of nitrogens with one attached hydrogen (secondary N) is 2. The van der Waals surface area contributed by atoms with E-state index in [2.05, 4.69) is 28.5 Å². The predicted molar refractivity (Wildman–Crippen MR) is 157 cm³/mol. The third kappa shape index (κ3) is 6.06. The van der Waals surface area contributed by atoms with Crippen LogP contribution >= 0.6 is 0 Å². The van der Waals surface area contributed by atoms with E-state index in [9.17, 15) is 9.90 Å². The van der Waals surface area contributed by atoms with Gasteiger partial charge in [0, 0.05) is 40.7 Å². The van der Waals surface area contributed by atoms with Gasteiger partial charge in [0.2, 0.25) is 5.95 Å². The van der Waals surface area contributed by atoms with Crippen molar-refractivity contribution in [1.29, 1.82) is 0 Å². The van der Waals surface area contributed by atoms with E-state index in [0.29, 0.717) is 24.6 Å². The molecule has 1 aromatic heterocycles. The van der Waals surface area contributed by atoms with Crippen molar-refractivity contribution in [3.05, 3.63) is 109 Å². The van der Waals surface area contributed by atoms with Gasteiger partial charge in [0.05, 0.1) is 23.9 Å². The Bertz CT molecular complexity index is 1500. The molecule has 3 N–H and O–H groups in total. The summed E-state index contributed by atoms with van der Waals surface area (Å²) in [5.74, 6) is 0.350. The van der Waals surface area contributed by atoms with Crippen LogP contribution in [0.15, 0.2) is 103 Å². The molecule has 4 aromatic rings. The van der Waals surface area contributed by atoms with E-state index in [0.717, 1.165) is 27.8 Å². The highest BCUT2D eigenvalue weighted by molar-refractivity contribution is 5.95. The molecular formula is C32H33N5O2. The highest BCUT2D eigenvalue weighted by atomic mass is 16.3. The average molecular weight is 520 g/mol. The molecule has 3 aromatic carbocycles. The summed E-state index contributed by atoms with van der Waals surface area (Å²) in [7, 11) is 1.97. The van der Waals surface area contributed by atoms with Gasteiger partial charge in [-0.15, -0.1) is 0 Å². The molecule has 1 amide bonds. The van der Waals surface area contributed by atoms with Crippen LogP contribution in [0.25, 0.3) is 22.2 Å². The normalized spacial score (nSPS) is 18.4. The summed E-state index contributed by atoms with van der Waals surface area (Å²) in [4.78, 5) is 24.8. The van der Waals surface area contributed by atoms with Crippen molar-refractivity contribution < 1.29 is 9.90 Å². The highest BCUT2D eigenvalue weighted by Gasteiger charge is 2.34. The number of nitrogens with zero attached hydrogens (tertiary/aromatic N) is 3. The summed E-state index contributed by atoms with van der Waals surface area (Å²) < 4.78 is 0. The molecule has 198 valence electrons. The van der Waals surface area contributed by atoms with Gasteiger partial charge in [0.25, 0.3) is 5.91 Å². The van der Waals surface area contributed by atoms with E-state index < -0.39 is 0 Å². The summed E-state index contributed by atoms with van der Waals surface area (Å²) in [6.07, 6.45) is 8.10. The zero-order valence-corrected chi connectivity index (χ0v) is 22.2. The minimum absolute atomic E-state index is 0.0986. The second-order valence-corrected chi connectivity index (χ2v) is 10.1. The summed E-state index contributed by atoms with van der Waals surface area (Å²) in [5, 5.41) is 16.7. The first kappa shape index (κ1) is 26.3. The van der Waals surface area contributed by atoms with Crippen molar-refractivity contribution in [2.24, 2.45) is 5.41 Å². The van der Waals surface area contributed by atoms with E-state index >= 15 is 0 Å². The Morgan fingerprint density at radius 1 is 0.974 bits per heavy atom. The molecule has 1 aliphatic carbocycles. The summed E-state index contributed by atoms with van der Waals surface area (Å²) in [6, 6.07) is 25.2. The monoisotopic (exact) mass is 519 g/mol. The van der Waals surface area contributed by atoms with E-state index in [1.165, 1.54) is 0 Å². The second-order valence-electron chi connectivity index (χ2n) is 10.1. The Kier molecular flexibility index (Phi) is 7.81. The number of carbonyl (C=O) groups excluding carboxylic acids is 1. The third-order valence-electron chi connectivity index (χ3n) is 7.03. The lowest BCUT2D eigenvalue weighted by molar-refractivity contribution is 0.0904. The molecule has 0 spiro atoms. The van der Waals surface area contributed by atoms with Crippen molar-refractivity contribution in [2.45, 2.75) is 13.0 Å². The van der Waals surface area contributed by atoms with Crippen LogP contribution in [0.4, 0.5) is 11.6 Å². The summed E-state index contributed by atoms with van der Waals surface area (Å²) in [5.41, 5.74) is 3.80. The fraction of sp³-hybridized carbons (Fsp3) is 0.219. The average Bonchev–Trinajstić information content (AvgIpc) is 2.95. The molecule has 0 saturated heterocycles. The number of hydrogen-bond acceptors (Lipinski definition) is 6. The van der Waals surface area contributed by atoms with E-state index in [1.54, 1.807) is 12.1 Å². The Labute approximate surface area is 228 Å². The number of carbonyl (C=O) groups is 1. The number of aliphatic hydroxyl groups is 1. The van der Waals surface area contributed by atoms with Crippen molar-refractivity contribution in [2.75, 3.05) is 32.1 Å². The lowest BCUT2D eigenvalue weighted by Gasteiger charge is -2.38. The van der Waals surface area contributed by atoms with Crippen LogP contribution in [0.2, 0.25) is 0 Å². The van der Waals surface area contributed by atoms with Gasteiger partial charge in [-0.25, -0.2) is 9.97 Å². The quantitative estimate of drug-likeness (QED) is 0.282. The van der Waals surface area contributed by atoms with Crippen molar-refractivity contribution in [3.63, 3.8) is 0 Å². The van der Waals surface area contributed by atoms with Crippen molar-refractivity contribution in [3.8, 4) is 11.3 Å². The maximum atomic E-state index is 13.2. The van der Waals surface area contributed by atoms with Gasteiger partial charge < -0.3 is 20.6 Å². The molecule has 0 radical (unpaired) electrons. The molecule has 0 fully saturated rings. The largest absolute Gasteiger partial charge is 0.395 e. The molecule has 2 unspecified atom stereocenters. The number of allylic oxidation sites excluding steroid dienone is 2. The number of benzene rings is 3. The van der Waals surface area contributed by atoms with Crippen molar-refractivity contribution >= 4 is 28.4 Å². The van der Waals surface area contributed by atoms with Gasteiger partial charge in [0.1, 0.15) is 0 Å². The number of aromatic nitrogens is 2. The molecule has 5 rings (SSSR count). The number of hydrogen-bond donors (Lipinski definition) is 3. The smallest absolute Gasteiger partial charge is 0.251 e. The fourth-order valence-corrected chi connectivity index (χ4v) is 4.98. The van der Waals surface area contributed by atoms with Crippen LogP contribution in [0, 0.1) is 5.41 Å². The topological polar surface area (TPSA) is 90.4 Å². The Morgan fingerprint density at radius 2 is 1.72 bits per heavy atom. The van der Waals surface area contributed by atoms with Gasteiger partial charge >= 0.3 is 0 Å². The highest BCUT2D eigenvalue weighted by Crippen LogP contribution is 2.30. The first-order valence-corrected chi connectivity index (χ1v) is 13.1. The minimum Gasteiger partial charge on any atom is -0.395 e. The van der Waals surface area contributed by atoms with E-state index in [-0.39, 0.29) is 24.0 Å². The first-order chi connectivity index (χ1) is 18.9. The van der Waals surface area contributed by atoms with Crippen LogP contribution in [-0.4, -0.2) is 58.7 Å². The molecule has 2 atom stereocenters. The van der Waals surface area contributed by atoms with Gasteiger partial charge in [-0.3, -0.25) is 4.79 Å². The molecule has 0 bridgehead atoms. The van der Waals surface area contributed by atoms with Gasteiger partial charge in [-0.1, -0.05) is 79.8 Å². The van der Waals surface area contributed by atoms with E-state index in [1.807, 2.05) is 92.0 Å². The number of aliphatic hydroxyl groups excluding tert-OH is 1. The van der Waals surface area contributed by atoms with Crippen LogP contribution in [0.5, 0.6) is 0 Å². The molecule has 1 heterocycles. The number of rotatable bonds is 9. The first-order valence-electron chi connectivity index (χ1n) is 13.1. The van der Waals surface area contributed by atoms with Crippen LogP contribution < -0.4 is 10.6 Å². The SMILES string of the molecule is CN(CCO)CC1(C)C=CC=CC1NC(=O)c1ccc(Nc2nc(-c3ccccc3)c3ccccc3n2)cc1. The molecular weight excluding hydrogens is 486 g/mol. The molecule has 7 heteroatoms. The number of fused-ring (bicyclic) bond motifs is 1. The van der Waals surface area contributed by atoms with Gasteiger partial charge in [-0.2, -0.15) is 0 Å². The lowest BCUT2D eigenvalue weighted by atomic mass is 9.78. The number of para-hydroxylation sites is 1. The lowest BCUT2D eigenvalue weighted by Crippen LogP contribution is -2.50. The van der Waals surface area contributed by atoms with E-state index in [4.69, 9.17) is 9.97 Å². The Morgan fingerprint density at radius 3 is 2.49 bits per heavy atom. The van der Waals surface area contributed by atoms with Crippen LogP contribution in [0.1, 0.15) is 17.3 Å².